The predicted molar refractivity (Wildman–Crippen MR) is 77.1 cm³/mol. The second-order valence-corrected chi connectivity index (χ2v) is 5.49. The highest BCUT2D eigenvalue weighted by atomic mass is 19.1. The summed E-state index contributed by atoms with van der Waals surface area (Å²) in [5.41, 5.74) is -0.700. The number of alkyl carbamates (subject to hydrolysis) is 1. The van der Waals surface area contributed by atoms with Crippen LogP contribution in [0.1, 0.15) is 20.8 Å². The zero-order valence-corrected chi connectivity index (χ0v) is 13.0. The van der Waals surface area contributed by atoms with Crippen molar-refractivity contribution in [3.05, 3.63) is 30.1 Å². The zero-order valence-electron chi connectivity index (χ0n) is 13.0. The molecule has 1 amide bonds. The monoisotopic (exact) mass is 313 g/mol. The van der Waals surface area contributed by atoms with Crippen molar-refractivity contribution >= 4 is 12.1 Å². The predicted octanol–water partition coefficient (Wildman–Crippen LogP) is 2.27. The molecule has 1 atom stereocenters. The molecule has 0 spiro atoms. The van der Waals surface area contributed by atoms with Gasteiger partial charge in [-0.3, -0.25) is 0 Å². The maximum atomic E-state index is 13.1. The van der Waals surface area contributed by atoms with E-state index >= 15 is 0 Å². The first-order valence-electron chi connectivity index (χ1n) is 6.67. The number of amides is 1. The number of carbonyl (C=O) groups is 2. The van der Waals surface area contributed by atoms with E-state index in [1.54, 1.807) is 20.8 Å². The topological polar surface area (TPSA) is 73.9 Å². The number of methoxy groups -OCH3 is 1. The van der Waals surface area contributed by atoms with Crippen molar-refractivity contribution in [2.45, 2.75) is 32.4 Å². The average molecular weight is 313 g/mol. The van der Waals surface area contributed by atoms with E-state index in [-0.39, 0.29) is 12.4 Å². The van der Waals surface area contributed by atoms with Gasteiger partial charge in [0.15, 0.2) is 6.04 Å². The van der Waals surface area contributed by atoms with Gasteiger partial charge < -0.3 is 19.5 Å². The zero-order chi connectivity index (χ0) is 16.8. The van der Waals surface area contributed by atoms with Crippen molar-refractivity contribution in [2.75, 3.05) is 13.7 Å². The number of halogens is 1. The number of hydrogen-bond acceptors (Lipinski definition) is 5. The lowest BCUT2D eigenvalue weighted by Crippen LogP contribution is -2.47. The molecule has 0 unspecified atom stereocenters. The van der Waals surface area contributed by atoms with Crippen molar-refractivity contribution in [3.63, 3.8) is 0 Å². The Morgan fingerprint density at radius 1 is 1.32 bits per heavy atom. The maximum Gasteiger partial charge on any atom is 0.408 e. The lowest BCUT2D eigenvalue weighted by Gasteiger charge is -2.22. The molecule has 0 saturated heterocycles. The molecule has 6 nitrogen and oxygen atoms in total. The fourth-order valence-corrected chi connectivity index (χ4v) is 1.50. The van der Waals surface area contributed by atoms with Gasteiger partial charge in [-0.25, -0.2) is 14.0 Å². The van der Waals surface area contributed by atoms with Crippen LogP contribution in [-0.4, -0.2) is 37.4 Å². The molecule has 0 aliphatic heterocycles. The van der Waals surface area contributed by atoms with E-state index in [2.05, 4.69) is 10.1 Å². The van der Waals surface area contributed by atoms with Crippen LogP contribution in [0.3, 0.4) is 0 Å². The first-order valence-corrected chi connectivity index (χ1v) is 6.67. The third-order valence-electron chi connectivity index (χ3n) is 2.39. The van der Waals surface area contributed by atoms with Gasteiger partial charge in [0.05, 0.1) is 7.11 Å². The number of esters is 1. The standard InChI is InChI=1S/C15H20FNO5/c1-15(2,3)22-14(19)17-12(13(18)20-4)9-21-11-7-5-6-10(16)8-11/h5-8,12H,9H2,1-4H3,(H,17,19)/t12-/m1/s1. The van der Waals surface area contributed by atoms with Crippen molar-refractivity contribution in [1.82, 2.24) is 5.32 Å². The molecule has 0 fully saturated rings. The maximum absolute atomic E-state index is 13.1. The normalized spacial score (nSPS) is 12.2. The van der Waals surface area contributed by atoms with Gasteiger partial charge in [-0.05, 0) is 32.9 Å². The Morgan fingerprint density at radius 2 is 2.00 bits per heavy atom. The van der Waals surface area contributed by atoms with Crippen LogP contribution in [0.5, 0.6) is 5.75 Å². The summed E-state index contributed by atoms with van der Waals surface area (Å²) in [6.07, 6.45) is -0.772. The Kier molecular flexibility index (Phi) is 6.15. The lowest BCUT2D eigenvalue weighted by molar-refractivity contribution is -0.143. The van der Waals surface area contributed by atoms with Crippen LogP contribution in [0.2, 0.25) is 0 Å². The quantitative estimate of drug-likeness (QED) is 0.844. The summed E-state index contributed by atoms with van der Waals surface area (Å²) in [7, 11) is 1.19. The van der Waals surface area contributed by atoms with Gasteiger partial charge in [0, 0.05) is 6.07 Å². The van der Waals surface area contributed by atoms with Crippen LogP contribution in [0, 0.1) is 5.82 Å². The molecule has 1 aromatic carbocycles. The number of rotatable bonds is 5. The first kappa shape index (κ1) is 17.7. The molecular formula is C15H20FNO5. The molecule has 1 rings (SSSR count). The fraction of sp³-hybridized carbons (Fsp3) is 0.467. The number of ether oxygens (including phenoxy) is 3. The SMILES string of the molecule is COC(=O)[C@@H](COc1cccc(F)c1)NC(=O)OC(C)(C)C. The molecule has 0 bridgehead atoms. The van der Waals surface area contributed by atoms with Crippen LogP contribution >= 0.6 is 0 Å². The summed E-state index contributed by atoms with van der Waals surface area (Å²) in [5.74, 6) is -0.922. The Morgan fingerprint density at radius 3 is 2.55 bits per heavy atom. The highest BCUT2D eigenvalue weighted by Gasteiger charge is 2.25. The van der Waals surface area contributed by atoms with Gasteiger partial charge in [-0.1, -0.05) is 6.07 Å². The molecule has 0 aliphatic carbocycles. The molecule has 0 heterocycles. The summed E-state index contributed by atoms with van der Waals surface area (Å²) in [6, 6.07) is 4.37. The number of hydrogen-bond donors (Lipinski definition) is 1. The Hall–Kier alpha value is -2.31. The second-order valence-electron chi connectivity index (χ2n) is 5.49. The molecule has 0 aromatic heterocycles. The van der Waals surface area contributed by atoms with Gasteiger partial charge in [-0.15, -0.1) is 0 Å². The number of benzene rings is 1. The molecule has 0 radical (unpaired) electrons. The van der Waals surface area contributed by atoms with E-state index in [1.165, 1.54) is 31.4 Å². The highest BCUT2D eigenvalue weighted by molar-refractivity contribution is 5.81. The van der Waals surface area contributed by atoms with Crippen molar-refractivity contribution < 1.29 is 28.2 Å². The lowest BCUT2D eigenvalue weighted by atomic mass is 10.2. The van der Waals surface area contributed by atoms with Crippen LogP contribution < -0.4 is 10.1 Å². The summed E-state index contributed by atoms with van der Waals surface area (Å²) < 4.78 is 28.0. The molecule has 0 aliphatic rings. The smallest absolute Gasteiger partial charge is 0.408 e. The fourth-order valence-electron chi connectivity index (χ4n) is 1.50. The van der Waals surface area contributed by atoms with Crippen LogP contribution in [0.15, 0.2) is 24.3 Å². The highest BCUT2D eigenvalue weighted by Crippen LogP contribution is 2.12. The average Bonchev–Trinajstić information content (AvgIpc) is 2.40. The summed E-state index contributed by atoms with van der Waals surface area (Å²) >= 11 is 0. The second kappa shape index (κ2) is 7.63. The Bertz CT molecular complexity index is 527. The summed E-state index contributed by atoms with van der Waals surface area (Å²) in [6.45, 7) is 4.88. The van der Waals surface area contributed by atoms with Crippen molar-refractivity contribution in [2.24, 2.45) is 0 Å². The van der Waals surface area contributed by atoms with Crippen LogP contribution in [0.25, 0.3) is 0 Å². The van der Waals surface area contributed by atoms with E-state index in [0.29, 0.717) is 0 Å². The first-order chi connectivity index (χ1) is 10.2. The molecule has 0 saturated carbocycles. The van der Waals surface area contributed by atoms with Crippen molar-refractivity contribution in [3.8, 4) is 5.75 Å². The van der Waals surface area contributed by atoms with Crippen molar-refractivity contribution in [1.29, 1.82) is 0 Å². The number of nitrogens with one attached hydrogen (secondary N) is 1. The van der Waals surface area contributed by atoms with E-state index < -0.39 is 29.5 Å². The largest absolute Gasteiger partial charge is 0.491 e. The third kappa shape index (κ3) is 6.43. The molecule has 22 heavy (non-hydrogen) atoms. The van der Waals surface area contributed by atoms with Gasteiger partial charge >= 0.3 is 12.1 Å². The molecular weight excluding hydrogens is 293 g/mol. The van der Waals surface area contributed by atoms with Crippen LogP contribution in [-0.2, 0) is 14.3 Å². The van der Waals surface area contributed by atoms with E-state index in [0.717, 1.165) is 0 Å². The number of carbonyl (C=O) groups excluding carboxylic acids is 2. The van der Waals surface area contributed by atoms with Gasteiger partial charge in [0.1, 0.15) is 23.8 Å². The van der Waals surface area contributed by atoms with E-state index in [4.69, 9.17) is 9.47 Å². The Balaban J connectivity index is 2.65. The van der Waals surface area contributed by atoms with E-state index in [9.17, 15) is 14.0 Å². The minimum Gasteiger partial charge on any atom is -0.491 e. The van der Waals surface area contributed by atoms with Gasteiger partial charge in [0.2, 0.25) is 0 Å². The summed E-state index contributed by atoms with van der Waals surface area (Å²) in [5, 5.41) is 2.35. The van der Waals surface area contributed by atoms with Gasteiger partial charge in [0.25, 0.3) is 0 Å². The minimum absolute atomic E-state index is 0.213. The molecule has 122 valence electrons. The molecule has 1 aromatic rings. The minimum atomic E-state index is -1.07. The summed E-state index contributed by atoms with van der Waals surface area (Å²) in [4.78, 5) is 23.4. The Labute approximate surface area is 128 Å². The molecule has 7 heteroatoms. The molecule has 1 N–H and O–H groups in total. The van der Waals surface area contributed by atoms with E-state index in [1.807, 2.05) is 0 Å². The third-order valence-corrected chi connectivity index (χ3v) is 2.39. The van der Waals surface area contributed by atoms with Crippen LogP contribution in [0.4, 0.5) is 9.18 Å². The van der Waals surface area contributed by atoms with Gasteiger partial charge in [-0.2, -0.15) is 0 Å².